The number of hydrogen-bond acceptors (Lipinski definition) is 3. The Morgan fingerprint density at radius 2 is 2.00 bits per heavy atom. The Morgan fingerprint density at radius 3 is 2.63 bits per heavy atom. The number of carbonyl (C=O) groups excluding carboxylic acids is 1. The molecule has 27 heavy (non-hydrogen) atoms. The van der Waals surface area contributed by atoms with Crippen molar-refractivity contribution in [3.8, 4) is 0 Å². The minimum Gasteiger partial charge on any atom is -0.379 e. The standard InChI is InChI=1S/C19H19F3N2O3/c1-10-3-5-12-11(9-10)4-7-14(27-2)16(12)24-18(26)13-6-8-15(19(20,21)22)23-17(13)25/h3,5-6,8-9,14,16H,4,7H2,1-2H3,(H,23,25)(H,24,26). The minimum atomic E-state index is -4.69. The molecular formula is C19H19F3N2O3. The second kappa shape index (κ2) is 7.19. The number of methoxy groups -OCH3 is 1. The van der Waals surface area contributed by atoms with E-state index in [4.69, 9.17) is 4.74 Å². The molecule has 8 heteroatoms. The summed E-state index contributed by atoms with van der Waals surface area (Å²) in [5.41, 5.74) is 0.393. The molecule has 1 amide bonds. The van der Waals surface area contributed by atoms with Crippen molar-refractivity contribution in [1.82, 2.24) is 10.3 Å². The highest BCUT2D eigenvalue weighted by Gasteiger charge is 2.34. The van der Waals surface area contributed by atoms with Crippen molar-refractivity contribution in [3.05, 3.63) is 68.6 Å². The van der Waals surface area contributed by atoms with Crippen molar-refractivity contribution >= 4 is 5.91 Å². The van der Waals surface area contributed by atoms with Gasteiger partial charge in [-0.15, -0.1) is 0 Å². The maximum Gasteiger partial charge on any atom is 0.431 e. The SMILES string of the molecule is COC1CCc2cc(C)ccc2C1NC(=O)c1ccc(C(F)(F)F)[nH]c1=O. The van der Waals surface area contributed by atoms with Crippen LogP contribution in [0.3, 0.4) is 0 Å². The van der Waals surface area contributed by atoms with Crippen LogP contribution in [0.25, 0.3) is 0 Å². The highest BCUT2D eigenvalue weighted by molar-refractivity contribution is 5.94. The van der Waals surface area contributed by atoms with Crippen LogP contribution < -0.4 is 10.9 Å². The summed E-state index contributed by atoms with van der Waals surface area (Å²) < 4.78 is 43.5. The van der Waals surface area contributed by atoms with E-state index in [9.17, 15) is 22.8 Å². The number of H-pyrrole nitrogens is 1. The summed E-state index contributed by atoms with van der Waals surface area (Å²) in [5.74, 6) is -0.745. The third kappa shape index (κ3) is 3.90. The third-order valence-corrected chi connectivity index (χ3v) is 4.75. The molecule has 2 atom stereocenters. The molecule has 0 fully saturated rings. The lowest BCUT2D eigenvalue weighted by Gasteiger charge is -2.33. The molecule has 0 aliphatic heterocycles. The van der Waals surface area contributed by atoms with E-state index in [0.717, 1.165) is 29.2 Å². The number of rotatable bonds is 3. The summed E-state index contributed by atoms with van der Waals surface area (Å²) in [7, 11) is 1.54. The molecular weight excluding hydrogens is 361 g/mol. The van der Waals surface area contributed by atoms with Crippen LogP contribution in [-0.4, -0.2) is 24.1 Å². The Morgan fingerprint density at radius 1 is 1.26 bits per heavy atom. The van der Waals surface area contributed by atoms with E-state index in [2.05, 4.69) is 5.32 Å². The number of ether oxygens (including phenoxy) is 1. The Hall–Kier alpha value is -2.61. The molecule has 144 valence electrons. The average molecular weight is 380 g/mol. The second-order valence-electron chi connectivity index (χ2n) is 6.58. The number of aryl methyl sites for hydroxylation is 2. The van der Waals surface area contributed by atoms with Crippen LogP contribution >= 0.6 is 0 Å². The molecule has 0 saturated carbocycles. The van der Waals surface area contributed by atoms with Gasteiger partial charge in [-0.1, -0.05) is 23.8 Å². The number of amides is 1. The summed E-state index contributed by atoms with van der Waals surface area (Å²) in [6.07, 6.45) is -3.50. The lowest BCUT2D eigenvalue weighted by Crippen LogP contribution is -2.42. The van der Waals surface area contributed by atoms with E-state index in [-0.39, 0.29) is 11.7 Å². The van der Waals surface area contributed by atoms with Crippen molar-refractivity contribution in [2.24, 2.45) is 0 Å². The number of halogens is 3. The molecule has 0 saturated heterocycles. The van der Waals surface area contributed by atoms with Gasteiger partial charge in [0, 0.05) is 7.11 Å². The van der Waals surface area contributed by atoms with Crippen LogP contribution in [0.2, 0.25) is 0 Å². The van der Waals surface area contributed by atoms with Crippen molar-refractivity contribution in [2.45, 2.75) is 38.1 Å². The van der Waals surface area contributed by atoms with Crippen LogP contribution in [0.5, 0.6) is 0 Å². The summed E-state index contributed by atoms with van der Waals surface area (Å²) >= 11 is 0. The van der Waals surface area contributed by atoms with Gasteiger partial charge in [0.2, 0.25) is 0 Å². The summed E-state index contributed by atoms with van der Waals surface area (Å²) in [6, 6.07) is 6.93. The fourth-order valence-electron chi connectivity index (χ4n) is 3.38. The maximum absolute atomic E-state index is 12.7. The Balaban J connectivity index is 1.90. The second-order valence-corrected chi connectivity index (χ2v) is 6.58. The Bertz CT molecular complexity index is 921. The molecule has 0 radical (unpaired) electrons. The summed E-state index contributed by atoms with van der Waals surface area (Å²) in [4.78, 5) is 26.2. The summed E-state index contributed by atoms with van der Waals surface area (Å²) in [6.45, 7) is 1.97. The molecule has 2 aromatic rings. The largest absolute Gasteiger partial charge is 0.431 e. The average Bonchev–Trinajstić information content (AvgIpc) is 2.60. The zero-order valence-electron chi connectivity index (χ0n) is 14.8. The molecule has 5 nitrogen and oxygen atoms in total. The minimum absolute atomic E-state index is 0.294. The van der Waals surface area contributed by atoms with Crippen LogP contribution in [0.15, 0.2) is 35.1 Å². The number of fused-ring (bicyclic) bond motifs is 1. The van der Waals surface area contributed by atoms with Crippen molar-refractivity contribution in [1.29, 1.82) is 0 Å². The van der Waals surface area contributed by atoms with Gasteiger partial charge in [0.05, 0.1) is 12.1 Å². The van der Waals surface area contributed by atoms with Gasteiger partial charge in [0.25, 0.3) is 11.5 Å². The highest BCUT2D eigenvalue weighted by Crippen LogP contribution is 2.32. The predicted octanol–water partition coefficient (Wildman–Crippen LogP) is 3.13. The molecule has 1 aliphatic rings. The van der Waals surface area contributed by atoms with Gasteiger partial charge in [-0.2, -0.15) is 13.2 Å². The Kier molecular flexibility index (Phi) is 5.10. The fourth-order valence-corrected chi connectivity index (χ4v) is 3.38. The maximum atomic E-state index is 12.7. The monoisotopic (exact) mass is 380 g/mol. The van der Waals surface area contributed by atoms with Gasteiger partial charge in [-0.05, 0) is 43.0 Å². The van der Waals surface area contributed by atoms with Crippen molar-refractivity contribution in [2.75, 3.05) is 7.11 Å². The number of benzene rings is 1. The van der Waals surface area contributed by atoms with Gasteiger partial charge < -0.3 is 15.0 Å². The van der Waals surface area contributed by atoms with Crippen molar-refractivity contribution < 1.29 is 22.7 Å². The number of aromatic nitrogens is 1. The van der Waals surface area contributed by atoms with Gasteiger partial charge in [0.1, 0.15) is 11.3 Å². The smallest absolute Gasteiger partial charge is 0.379 e. The zero-order valence-corrected chi connectivity index (χ0v) is 14.8. The van der Waals surface area contributed by atoms with Gasteiger partial charge in [-0.3, -0.25) is 9.59 Å². The number of hydrogen-bond donors (Lipinski definition) is 2. The molecule has 0 spiro atoms. The van der Waals surface area contributed by atoms with Crippen LogP contribution in [0, 0.1) is 6.92 Å². The number of aromatic amines is 1. The van der Waals surface area contributed by atoms with Gasteiger partial charge in [0.15, 0.2) is 0 Å². The summed E-state index contributed by atoms with van der Waals surface area (Å²) in [5, 5.41) is 2.75. The van der Waals surface area contributed by atoms with Gasteiger partial charge in [-0.25, -0.2) is 0 Å². The third-order valence-electron chi connectivity index (χ3n) is 4.75. The molecule has 1 heterocycles. The number of pyridine rings is 1. The first-order chi connectivity index (χ1) is 12.7. The molecule has 3 rings (SSSR count). The topological polar surface area (TPSA) is 71.2 Å². The van der Waals surface area contributed by atoms with E-state index < -0.39 is 29.4 Å². The molecule has 2 N–H and O–H groups in total. The molecule has 1 aliphatic carbocycles. The van der Waals surface area contributed by atoms with E-state index in [1.807, 2.05) is 25.1 Å². The predicted molar refractivity (Wildman–Crippen MR) is 92.6 cm³/mol. The van der Waals surface area contributed by atoms with E-state index in [1.54, 1.807) is 4.98 Å². The first-order valence-corrected chi connectivity index (χ1v) is 8.44. The molecule has 0 bridgehead atoms. The lowest BCUT2D eigenvalue weighted by atomic mass is 9.84. The highest BCUT2D eigenvalue weighted by atomic mass is 19.4. The number of alkyl halides is 3. The van der Waals surface area contributed by atoms with Crippen LogP contribution in [0.1, 0.15) is 45.2 Å². The first-order valence-electron chi connectivity index (χ1n) is 8.44. The molecule has 1 aromatic heterocycles. The molecule has 2 unspecified atom stereocenters. The zero-order chi connectivity index (χ0) is 19.8. The quantitative estimate of drug-likeness (QED) is 0.860. The van der Waals surface area contributed by atoms with Crippen LogP contribution in [-0.2, 0) is 17.3 Å². The first kappa shape index (κ1) is 19.2. The lowest BCUT2D eigenvalue weighted by molar-refractivity contribution is -0.141. The van der Waals surface area contributed by atoms with Crippen LogP contribution in [0.4, 0.5) is 13.2 Å². The van der Waals surface area contributed by atoms with Crippen molar-refractivity contribution in [3.63, 3.8) is 0 Å². The van der Waals surface area contributed by atoms with Gasteiger partial charge >= 0.3 is 6.18 Å². The Labute approximate surface area is 153 Å². The van der Waals surface area contributed by atoms with E-state index in [0.29, 0.717) is 12.5 Å². The number of carbonyl (C=O) groups is 1. The number of nitrogens with one attached hydrogen (secondary N) is 2. The normalized spacial score (nSPS) is 19.4. The molecule has 1 aromatic carbocycles. The fraction of sp³-hybridized carbons (Fsp3) is 0.368. The van der Waals surface area contributed by atoms with E-state index in [1.165, 1.54) is 7.11 Å². The van der Waals surface area contributed by atoms with E-state index >= 15 is 0 Å².